The molecule has 90 valence electrons. The molecule has 0 saturated heterocycles. The summed E-state index contributed by atoms with van der Waals surface area (Å²) < 4.78 is 5.26. The van der Waals surface area contributed by atoms with Gasteiger partial charge in [0.25, 0.3) is 0 Å². The summed E-state index contributed by atoms with van der Waals surface area (Å²) in [6, 6.07) is 0. The molecular formula is C11H23NO3. The van der Waals surface area contributed by atoms with Crippen molar-refractivity contribution in [3.05, 3.63) is 0 Å². The van der Waals surface area contributed by atoms with Crippen LogP contribution in [0.1, 0.15) is 41.0 Å². The maximum absolute atomic E-state index is 11.7. The number of carbonyl (C=O) groups is 1. The lowest BCUT2D eigenvalue weighted by Crippen LogP contribution is -2.35. The van der Waals surface area contributed by atoms with Gasteiger partial charge in [-0.05, 0) is 33.1 Å². The first-order valence-corrected chi connectivity index (χ1v) is 5.30. The molecule has 4 nitrogen and oxygen atoms in total. The lowest BCUT2D eigenvalue weighted by molar-refractivity contribution is -0.162. The van der Waals surface area contributed by atoms with E-state index in [-0.39, 0.29) is 24.2 Å². The van der Waals surface area contributed by atoms with Crippen LogP contribution in [0.25, 0.3) is 0 Å². The molecule has 0 bridgehead atoms. The van der Waals surface area contributed by atoms with Crippen LogP contribution in [0.15, 0.2) is 0 Å². The molecule has 0 aliphatic carbocycles. The van der Waals surface area contributed by atoms with E-state index in [4.69, 9.17) is 15.6 Å². The van der Waals surface area contributed by atoms with E-state index in [1.54, 1.807) is 0 Å². The van der Waals surface area contributed by atoms with Gasteiger partial charge in [-0.2, -0.15) is 0 Å². The molecule has 2 atom stereocenters. The molecule has 0 aromatic carbocycles. The molecule has 0 heterocycles. The van der Waals surface area contributed by atoms with Crippen molar-refractivity contribution < 1.29 is 14.6 Å². The van der Waals surface area contributed by atoms with Gasteiger partial charge in [-0.25, -0.2) is 0 Å². The molecule has 0 fully saturated rings. The van der Waals surface area contributed by atoms with Gasteiger partial charge in [-0.1, -0.05) is 13.8 Å². The molecule has 0 saturated carbocycles. The Bertz CT molecular complexity index is 206. The number of aliphatic hydroxyl groups is 1. The van der Waals surface area contributed by atoms with Crippen molar-refractivity contribution in [2.45, 2.75) is 52.9 Å². The fraction of sp³-hybridized carbons (Fsp3) is 0.909. The lowest BCUT2D eigenvalue weighted by atomic mass is 9.92. The molecular weight excluding hydrogens is 194 g/mol. The Morgan fingerprint density at radius 3 is 2.13 bits per heavy atom. The van der Waals surface area contributed by atoms with Gasteiger partial charge in [0.2, 0.25) is 0 Å². The third-order valence-corrected chi connectivity index (χ3v) is 2.01. The molecule has 4 heteroatoms. The Morgan fingerprint density at radius 2 is 1.87 bits per heavy atom. The number of rotatable bonds is 4. The fourth-order valence-electron chi connectivity index (χ4n) is 1.28. The number of aliphatic hydroxyl groups excluding tert-OH is 1. The summed E-state index contributed by atoms with van der Waals surface area (Å²) in [5.41, 5.74) is 4.78. The van der Waals surface area contributed by atoms with Gasteiger partial charge in [0.05, 0.1) is 5.92 Å². The maximum Gasteiger partial charge on any atom is 0.309 e. The molecule has 0 aromatic heterocycles. The molecule has 0 aromatic rings. The number of carbonyl (C=O) groups excluding carboxylic acids is 1. The first-order valence-electron chi connectivity index (χ1n) is 5.30. The zero-order valence-electron chi connectivity index (χ0n) is 10.3. The first kappa shape index (κ1) is 14.4. The second-order valence-corrected chi connectivity index (χ2v) is 5.19. The predicted molar refractivity (Wildman–Crippen MR) is 59.0 cm³/mol. The Hall–Kier alpha value is -0.610. The minimum Gasteiger partial charge on any atom is -0.460 e. The Morgan fingerprint density at radius 1 is 1.40 bits per heavy atom. The van der Waals surface area contributed by atoms with E-state index in [2.05, 4.69) is 0 Å². The predicted octanol–water partition coefficient (Wildman–Crippen LogP) is 1.27. The molecule has 0 amide bonds. The SMILES string of the molecule is CC(C)C(CC(N)O)C(=O)OC(C)(C)C. The van der Waals surface area contributed by atoms with Crippen LogP contribution < -0.4 is 5.73 Å². The van der Waals surface area contributed by atoms with Crippen LogP contribution in [-0.4, -0.2) is 22.9 Å². The van der Waals surface area contributed by atoms with Crippen LogP contribution in [0.4, 0.5) is 0 Å². The second-order valence-electron chi connectivity index (χ2n) is 5.19. The minimum atomic E-state index is -0.968. The number of hydrogen-bond donors (Lipinski definition) is 2. The number of esters is 1. The van der Waals surface area contributed by atoms with Crippen molar-refractivity contribution >= 4 is 5.97 Å². The molecule has 3 N–H and O–H groups in total. The van der Waals surface area contributed by atoms with Crippen LogP contribution in [0.3, 0.4) is 0 Å². The summed E-state index contributed by atoms with van der Waals surface area (Å²) >= 11 is 0. The van der Waals surface area contributed by atoms with Crippen LogP contribution in [0.2, 0.25) is 0 Å². The number of hydrogen-bond acceptors (Lipinski definition) is 4. The Balaban J connectivity index is 4.43. The number of ether oxygens (including phenoxy) is 1. The summed E-state index contributed by atoms with van der Waals surface area (Å²) in [6.07, 6.45) is -0.725. The van der Waals surface area contributed by atoms with Gasteiger partial charge in [-0.3, -0.25) is 4.79 Å². The Labute approximate surface area is 91.8 Å². The molecule has 0 aliphatic rings. The molecule has 0 rings (SSSR count). The highest BCUT2D eigenvalue weighted by Gasteiger charge is 2.28. The minimum absolute atomic E-state index is 0.109. The van der Waals surface area contributed by atoms with Crippen LogP contribution in [-0.2, 0) is 9.53 Å². The van der Waals surface area contributed by atoms with Crippen LogP contribution in [0.5, 0.6) is 0 Å². The molecule has 15 heavy (non-hydrogen) atoms. The van der Waals surface area contributed by atoms with Gasteiger partial charge in [-0.15, -0.1) is 0 Å². The van der Waals surface area contributed by atoms with Gasteiger partial charge in [0, 0.05) is 0 Å². The molecule has 2 unspecified atom stereocenters. The summed E-state index contributed by atoms with van der Waals surface area (Å²) in [7, 11) is 0. The van der Waals surface area contributed by atoms with Crippen molar-refractivity contribution in [2.24, 2.45) is 17.6 Å². The summed E-state index contributed by atoms with van der Waals surface area (Å²) in [6.45, 7) is 9.29. The second kappa shape index (κ2) is 5.47. The highest BCUT2D eigenvalue weighted by Crippen LogP contribution is 2.21. The van der Waals surface area contributed by atoms with Gasteiger partial charge in [0.1, 0.15) is 11.8 Å². The summed E-state index contributed by atoms with van der Waals surface area (Å²) in [4.78, 5) is 11.7. The quantitative estimate of drug-likeness (QED) is 0.549. The van der Waals surface area contributed by atoms with E-state index in [1.165, 1.54) is 0 Å². The number of nitrogens with two attached hydrogens (primary N) is 1. The molecule has 0 aliphatic heterocycles. The maximum atomic E-state index is 11.7. The first-order chi connectivity index (χ1) is 6.63. The summed E-state index contributed by atoms with van der Waals surface area (Å²) in [5.74, 6) is -0.524. The highest BCUT2D eigenvalue weighted by atomic mass is 16.6. The zero-order valence-corrected chi connectivity index (χ0v) is 10.3. The third-order valence-electron chi connectivity index (χ3n) is 2.01. The van der Waals surface area contributed by atoms with E-state index in [0.29, 0.717) is 0 Å². The van der Waals surface area contributed by atoms with Crippen LogP contribution >= 0.6 is 0 Å². The smallest absolute Gasteiger partial charge is 0.309 e. The van der Waals surface area contributed by atoms with Crippen molar-refractivity contribution in [3.63, 3.8) is 0 Å². The van der Waals surface area contributed by atoms with Gasteiger partial charge < -0.3 is 15.6 Å². The molecule has 0 radical (unpaired) electrons. The van der Waals surface area contributed by atoms with E-state index < -0.39 is 11.8 Å². The zero-order chi connectivity index (χ0) is 12.2. The van der Waals surface area contributed by atoms with E-state index in [1.807, 2.05) is 34.6 Å². The van der Waals surface area contributed by atoms with E-state index in [0.717, 1.165) is 0 Å². The topological polar surface area (TPSA) is 72.5 Å². The van der Waals surface area contributed by atoms with Gasteiger partial charge >= 0.3 is 5.97 Å². The lowest BCUT2D eigenvalue weighted by Gasteiger charge is -2.26. The fourth-order valence-corrected chi connectivity index (χ4v) is 1.28. The van der Waals surface area contributed by atoms with Crippen molar-refractivity contribution in [1.82, 2.24) is 0 Å². The average molecular weight is 217 g/mol. The van der Waals surface area contributed by atoms with E-state index in [9.17, 15) is 4.79 Å². The average Bonchev–Trinajstić information content (AvgIpc) is 1.95. The molecule has 0 spiro atoms. The van der Waals surface area contributed by atoms with Crippen molar-refractivity contribution in [3.8, 4) is 0 Å². The van der Waals surface area contributed by atoms with Crippen molar-refractivity contribution in [2.75, 3.05) is 0 Å². The summed E-state index contributed by atoms with van der Waals surface area (Å²) in [5, 5.41) is 9.09. The normalized spacial score (nSPS) is 16.3. The highest BCUT2D eigenvalue weighted by molar-refractivity contribution is 5.73. The van der Waals surface area contributed by atoms with E-state index >= 15 is 0 Å². The largest absolute Gasteiger partial charge is 0.460 e. The van der Waals surface area contributed by atoms with Gasteiger partial charge in [0.15, 0.2) is 0 Å². The standard InChI is InChI=1S/C11H23NO3/c1-7(2)8(6-9(12)13)10(14)15-11(3,4)5/h7-9,13H,6,12H2,1-5H3. The van der Waals surface area contributed by atoms with Crippen molar-refractivity contribution in [1.29, 1.82) is 0 Å². The third kappa shape index (κ3) is 6.47. The Kier molecular flexibility index (Phi) is 5.24. The monoisotopic (exact) mass is 217 g/mol. The van der Waals surface area contributed by atoms with Crippen LogP contribution in [0, 0.1) is 11.8 Å².